The molecule has 1 atom stereocenters. The molecule has 0 aromatic carbocycles. The second kappa shape index (κ2) is 5.83. The Labute approximate surface area is 116 Å². The Hall–Kier alpha value is 0.100. The fourth-order valence-corrected chi connectivity index (χ4v) is 4.14. The molecule has 1 saturated heterocycles. The Morgan fingerprint density at radius 2 is 2.18 bits per heavy atom. The number of thiophene rings is 1. The maximum atomic E-state index is 5.98. The zero-order valence-electron chi connectivity index (χ0n) is 10.6. The predicted octanol–water partition coefficient (Wildman–Crippen LogP) is 3.55. The summed E-state index contributed by atoms with van der Waals surface area (Å²) in [7, 11) is 0. The molecule has 2 nitrogen and oxygen atoms in total. The SMILES string of the molecule is Cc1sc(C(CN)N2CCC(C)CC2)cc1Br. The topological polar surface area (TPSA) is 29.3 Å². The fourth-order valence-electron chi connectivity index (χ4n) is 2.43. The zero-order valence-corrected chi connectivity index (χ0v) is 13.0. The standard InChI is InChI=1S/C13H21BrN2S/c1-9-3-5-16(6-4-9)12(8-15)13-7-11(14)10(2)17-13/h7,9,12H,3-6,8,15H2,1-2H3. The van der Waals surface area contributed by atoms with Crippen molar-refractivity contribution in [3.63, 3.8) is 0 Å². The summed E-state index contributed by atoms with van der Waals surface area (Å²) >= 11 is 5.47. The highest BCUT2D eigenvalue weighted by molar-refractivity contribution is 9.10. The van der Waals surface area contributed by atoms with Gasteiger partial charge in [0.05, 0.1) is 6.04 Å². The summed E-state index contributed by atoms with van der Waals surface area (Å²) in [6.45, 7) is 7.61. The minimum absolute atomic E-state index is 0.414. The Bertz CT molecular complexity index is 350. The third-order valence-electron chi connectivity index (χ3n) is 3.69. The second-order valence-electron chi connectivity index (χ2n) is 5.02. The molecule has 0 spiro atoms. The summed E-state index contributed by atoms with van der Waals surface area (Å²) in [5.74, 6) is 0.876. The molecule has 0 radical (unpaired) electrons. The summed E-state index contributed by atoms with van der Waals surface area (Å²) in [4.78, 5) is 5.31. The van der Waals surface area contributed by atoms with Crippen molar-refractivity contribution >= 4 is 27.3 Å². The first-order valence-electron chi connectivity index (χ1n) is 6.31. The van der Waals surface area contributed by atoms with E-state index in [0.29, 0.717) is 6.04 Å². The minimum atomic E-state index is 0.414. The van der Waals surface area contributed by atoms with E-state index in [1.54, 1.807) is 0 Å². The van der Waals surface area contributed by atoms with Gasteiger partial charge in [0.2, 0.25) is 0 Å². The fraction of sp³-hybridized carbons (Fsp3) is 0.692. The highest BCUT2D eigenvalue weighted by Crippen LogP contribution is 2.34. The number of piperidine rings is 1. The number of nitrogens with two attached hydrogens (primary N) is 1. The van der Waals surface area contributed by atoms with E-state index in [-0.39, 0.29) is 0 Å². The zero-order chi connectivity index (χ0) is 12.4. The van der Waals surface area contributed by atoms with Gasteiger partial charge < -0.3 is 5.73 Å². The van der Waals surface area contributed by atoms with Crippen LogP contribution in [-0.2, 0) is 0 Å². The van der Waals surface area contributed by atoms with Crippen molar-refractivity contribution in [3.05, 3.63) is 20.3 Å². The summed E-state index contributed by atoms with van der Waals surface area (Å²) in [5.41, 5.74) is 5.98. The maximum absolute atomic E-state index is 5.98. The molecular formula is C13H21BrN2S. The van der Waals surface area contributed by atoms with Crippen LogP contribution in [0.2, 0.25) is 0 Å². The number of rotatable bonds is 3. The second-order valence-corrected chi connectivity index (χ2v) is 7.17. The Kier molecular flexibility index (Phi) is 4.64. The maximum Gasteiger partial charge on any atom is 0.0564 e. The van der Waals surface area contributed by atoms with E-state index < -0.39 is 0 Å². The Morgan fingerprint density at radius 3 is 2.65 bits per heavy atom. The first kappa shape index (κ1) is 13.5. The van der Waals surface area contributed by atoms with E-state index in [1.165, 1.54) is 40.2 Å². The molecule has 2 heterocycles. The van der Waals surface area contributed by atoms with E-state index in [1.807, 2.05) is 11.3 Å². The lowest BCUT2D eigenvalue weighted by atomic mass is 9.97. The lowest BCUT2D eigenvalue weighted by molar-refractivity contribution is 0.143. The minimum Gasteiger partial charge on any atom is -0.329 e. The molecule has 0 aliphatic carbocycles. The first-order valence-corrected chi connectivity index (χ1v) is 7.92. The molecule has 1 aliphatic rings. The molecule has 1 aliphatic heterocycles. The molecule has 2 N–H and O–H groups in total. The Balaban J connectivity index is 2.10. The molecule has 0 saturated carbocycles. The molecule has 1 aromatic rings. The highest BCUT2D eigenvalue weighted by Gasteiger charge is 2.25. The summed E-state index contributed by atoms with van der Waals surface area (Å²) in [6, 6.07) is 2.66. The molecule has 2 rings (SSSR count). The molecule has 4 heteroatoms. The van der Waals surface area contributed by atoms with E-state index >= 15 is 0 Å². The van der Waals surface area contributed by atoms with Gasteiger partial charge in [-0.15, -0.1) is 11.3 Å². The van der Waals surface area contributed by atoms with Crippen molar-refractivity contribution in [2.75, 3.05) is 19.6 Å². The molecule has 1 fully saturated rings. The van der Waals surface area contributed by atoms with Gasteiger partial charge in [0.15, 0.2) is 0 Å². The molecule has 1 unspecified atom stereocenters. The van der Waals surface area contributed by atoms with E-state index in [9.17, 15) is 0 Å². The highest BCUT2D eigenvalue weighted by atomic mass is 79.9. The number of hydrogen-bond acceptors (Lipinski definition) is 3. The van der Waals surface area contributed by atoms with Crippen LogP contribution >= 0.6 is 27.3 Å². The quantitative estimate of drug-likeness (QED) is 0.924. The van der Waals surface area contributed by atoms with E-state index in [0.717, 1.165) is 12.5 Å². The number of likely N-dealkylation sites (tertiary alicyclic amines) is 1. The van der Waals surface area contributed by atoms with Crippen LogP contribution in [0.1, 0.15) is 35.6 Å². The van der Waals surface area contributed by atoms with Crippen LogP contribution in [0.4, 0.5) is 0 Å². The van der Waals surface area contributed by atoms with Crippen LogP contribution in [0.5, 0.6) is 0 Å². The lowest BCUT2D eigenvalue weighted by Crippen LogP contribution is -2.39. The van der Waals surface area contributed by atoms with Crippen molar-refractivity contribution in [3.8, 4) is 0 Å². The van der Waals surface area contributed by atoms with Crippen molar-refractivity contribution in [2.24, 2.45) is 11.7 Å². The van der Waals surface area contributed by atoms with E-state index in [4.69, 9.17) is 5.73 Å². The lowest BCUT2D eigenvalue weighted by Gasteiger charge is -2.35. The first-order chi connectivity index (χ1) is 8.11. The third kappa shape index (κ3) is 3.11. The normalized spacial score (nSPS) is 20.7. The van der Waals surface area contributed by atoms with Gasteiger partial charge in [0.1, 0.15) is 0 Å². The van der Waals surface area contributed by atoms with Crippen LogP contribution in [0.15, 0.2) is 10.5 Å². The third-order valence-corrected chi connectivity index (χ3v) is 5.92. The van der Waals surface area contributed by atoms with Crippen molar-refractivity contribution in [1.82, 2.24) is 4.90 Å². The van der Waals surface area contributed by atoms with Gasteiger partial charge in [-0.2, -0.15) is 0 Å². The molecule has 0 bridgehead atoms. The van der Waals surface area contributed by atoms with Gasteiger partial charge in [-0.05, 0) is 60.8 Å². The monoisotopic (exact) mass is 316 g/mol. The van der Waals surface area contributed by atoms with Crippen molar-refractivity contribution in [1.29, 1.82) is 0 Å². The van der Waals surface area contributed by atoms with Crippen molar-refractivity contribution in [2.45, 2.75) is 32.7 Å². The van der Waals surface area contributed by atoms with E-state index in [2.05, 4.69) is 40.7 Å². The van der Waals surface area contributed by atoms with Crippen LogP contribution in [0.25, 0.3) is 0 Å². The summed E-state index contributed by atoms with van der Waals surface area (Å²) in [6.07, 6.45) is 2.62. The van der Waals surface area contributed by atoms with Gasteiger partial charge in [-0.1, -0.05) is 6.92 Å². The number of aryl methyl sites for hydroxylation is 1. The number of halogens is 1. The van der Waals surface area contributed by atoms with Crippen molar-refractivity contribution < 1.29 is 0 Å². The molecular weight excluding hydrogens is 296 g/mol. The van der Waals surface area contributed by atoms with Crippen LogP contribution in [-0.4, -0.2) is 24.5 Å². The van der Waals surface area contributed by atoms with Gasteiger partial charge in [-0.3, -0.25) is 4.90 Å². The van der Waals surface area contributed by atoms with Crippen LogP contribution in [0, 0.1) is 12.8 Å². The average molecular weight is 317 g/mol. The van der Waals surface area contributed by atoms with Crippen LogP contribution in [0.3, 0.4) is 0 Å². The van der Waals surface area contributed by atoms with Gasteiger partial charge in [-0.25, -0.2) is 0 Å². The molecule has 0 amide bonds. The average Bonchev–Trinajstić information content (AvgIpc) is 2.63. The predicted molar refractivity (Wildman–Crippen MR) is 78.5 cm³/mol. The Morgan fingerprint density at radius 1 is 1.53 bits per heavy atom. The van der Waals surface area contributed by atoms with Gasteiger partial charge >= 0.3 is 0 Å². The largest absolute Gasteiger partial charge is 0.329 e. The smallest absolute Gasteiger partial charge is 0.0564 e. The van der Waals surface area contributed by atoms with Gasteiger partial charge in [0.25, 0.3) is 0 Å². The summed E-state index contributed by atoms with van der Waals surface area (Å²) < 4.78 is 1.22. The van der Waals surface area contributed by atoms with Crippen LogP contribution < -0.4 is 5.73 Å². The molecule has 1 aromatic heterocycles. The number of nitrogens with zero attached hydrogens (tertiary/aromatic N) is 1. The summed E-state index contributed by atoms with van der Waals surface area (Å²) in [5, 5.41) is 0. The number of hydrogen-bond donors (Lipinski definition) is 1. The van der Waals surface area contributed by atoms with Gasteiger partial charge in [0, 0.05) is 20.8 Å². The molecule has 17 heavy (non-hydrogen) atoms. The molecule has 96 valence electrons.